The largest absolute Gasteiger partial charge is 0.519 e. The minimum atomic E-state index is -1.03. The number of anilines is 1. The zero-order valence-electron chi connectivity index (χ0n) is 20.2. The average molecular weight is 513 g/mol. The van der Waals surface area contributed by atoms with Crippen LogP contribution in [0, 0.1) is 10.1 Å². The number of halogens is 1. The molecule has 0 saturated heterocycles. The molecule has 0 aliphatic carbocycles. The van der Waals surface area contributed by atoms with Crippen LogP contribution in [0.2, 0.25) is 0 Å². The summed E-state index contributed by atoms with van der Waals surface area (Å²) in [5.74, 6) is 0.107. The number of amides is 1. The second-order valence-corrected chi connectivity index (χ2v) is 10.1. The zero-order chi connectivity index (χ0) is 26.2. The van der Waals surface area contributed by atoms with Crippen LogP contribution in [-0.4, -0.2) is 34.7 Å². The molecule has 10 heteroatoms. The molecule has 0 spiro atoms. The van der Waals surface area contributed by atoms with Gasteiger partial charge in [-0.25, -0.2) is 9.59 Å². The molecule has 1 amide bonds. The van der Waals surface area contributed by atoms with Crippen molar-refractivity contribution in [2.24, 2.45) is 0 Å². The Kier molecular flexibility index (Phi) is 6.77. The summed E-state index contributed by atoms with van der Waals surface area (Å²) in [6.45, 7) is 7.54. The van der Waals surface area contributed by atoms with Crippen LogP contribution in [0.4, 0.5) is 21.0 Å². The monoisotopic (exact) mass is 512 g/mol. The number of hydrogen-bond donors (Lipinski definition) is 0. The molecule has 188 valence electrons. The molecule has 0 unspecified atom stereocenters. The van der Waals surface area contributed by atoms with E-state index in [0.29, 0.717) is 17.6 Å². The van der Waals surface area contributed by atoms with E-state index < -0.39 is 22.8 Å². The molecule has 36 heavy (non-hydrogen) atoms. The summed E-state index contributed by atoms with van der Waals surface area (Å²) in [7, 11) is 0. The summed E-state index contributed by atoms with van der Waals surface area (Å²) in [6, 6.07) is 14.0. The van der Waals surface area contributed by atoms with Crippen molar-refractivity contribution >= 4 is 46.0 Å². The number of fused-ring (bicyclic) bond motifs is 3. The Labute approximate surface area is 212 Å². The van der Waals surface area contributed by atoms with Gasteiger partial charge in [0.2, 0.25) is 0 Å². The lowest BCUT2D eigenvalue weighted by molar-refractivity contribution is -0.384. The van der Waals surface area contributed by atoms with Gasteiger partial charge in [-0.15, -0.1) is 11.6 Å². The van der Waals surface area contributed by atoms with Gasteiger partial charge in [0.05, 0.1) is 10.6 Å². The highest BCUT2D eigenvalue weighted by atomic mass is 35.5. The Hall–Kier alpha value is -3.85. The van der Waals surface area contributed by atoms with Crippen molar-refractivity contribution in [1.82, 2.24) is 0 Å². The van der Waals surface area contributed by atoms with E-state index in [9.17, 15) is 19.7 Å². The van der Waals surface area contributed by atoms with Gasteiger partial charge in [0.1, 0.15) is 17.1 Å². The van der Waals surface area contributed by atoms with Crippen LogP contribution in [0.15, 0.2) is 54.6 Å². The van der Waals surface area contributed by atoms with Gasteiger partial charge < -0.3 is 14.2 Å². The van der Waals surface area contributed by atoms with Crippen molar-refractivity contribution in [3.8, 4) is 11.5 Å². The maximum atomic E-state index is 13.1. The van der Waals surface area contributed by atoms with E-state index in [2.05, 4.69) is 0 Å². The maximum absolute atomic E-state index is 13.1. The third-order valence-electron chi connectivity index (χ3n) is 5.68. The number of rotatable bonds is 4. The Balaban J connectivity index is 1.71. The molecule has 0 N–H and O–H groups in total. The van der Waals surface area contributed by atoms with Gasteiger partial charge in [0, 0.05) is 41.4 Å². The first kappa shape index (κ1) is 25.2. The highest BCUT2D eigenvalue weighted by Gasteiger charge is 2.39. The standard InChI is InChI=1S/C26H25ClN2O7/c1-15(27)20-14-28(24(30)36-26(2,3)4)21-13-22(18-7-5-6-8-19(18)23(20)21)35-25(31)34-17-11-9-16(10-12-17)29(32)33/h5-13,15,20H,14H2,1-4H3/t15-,20+/m1/s1. The van der Waals surface area contributed by atoms with E-state index in [-0.39, 0.29) is 28.5 Å². The quantitative estimate of drug-likeness (QED) is 0.124. The van der Waals surface area contributed by atoms with Gasteiger partial charge in [0.25, 0.3) is 5.69 Å². The normalized spacial score (nSPS) is 15.8. The van der Waals surface area contributed by atoms with Crippen molar-refractivity contribution in [2.75, 3.05) is 11.4 Å². The molecule has 4 rings (SSSR count). The number of ether oxygens (including phenoxy) is 3. The smallest absolute Gasteiger partial charge is 0.443 e. The molecular formula is C26H25ClN2O7. The first-order chi connectivity index (χ1) is 16.9. The number of nitro groups is 1. The second kappa shape index (κ2) is 9.66. The van der Waals surface area contributed by atoms with E-state index in [1.807, 2.05) is 25.1 Å². The SMILES string of the molecule is C[C@@H](Cl)[C@@H]1CN(C(=O)OC(C)(C)C)c2cc(OC(=O)Oc3ccc([N+](=O)[O-])cc3)c3ccccc3c21. The molecule has 3 aromatic carbocycles. The average Bonchev–Trinajstić information content (AvgIpc) is 3.18. The molecule has 0 saturated carbocycles. The van der Waals surface area contributed by atoms with Crippen molar-refractivity contribution in [3.63, 3.8) is 0 Å². The molecule has 3 aromatic rings. The van der Waals surface area contributed by atoms with Crippen LogP contribution >= 0.6 is 11.6 Å². The number of non-ortho nitro benzene ring substituents is 1. The van der Waals surface area contributed by atoms with Crippen LogP contribution in [0.5, 0.6) is 11.5 Å². The zero-order valence-corrected chi connectivity index (χ0v) is 20.9. The Morgan fingerprint density at radius 3 is 2.31 bits per heavy atom. The minimum absolute atomic E-state index is 0.0856. The number of benzene rings is 3. The van der Waals surface area contributed by atoms with Gasteiger partial charge in [-0.3, -0.25) is 15.0 Å². The van der Waals surface area contributed by atoms with Gasteiger partial charge in [-0.05, 0) is 50.8 Å². The lowest BCUT2D eigenvalue weighted by Gasteiger charge is -2.25. The maximum Gasteiger partial charge on any atom is 0.519 e. The summed E-state index contributed by atoms with van der Waals surface area (Å²) in [5.41, 5.74) is 0.575. The van der Waals surface area contributed by atoms with Crippen molar-refractivity contribution in [2.45, 2.75) is 44.6 Å². The van der Waals surface area contributed by atoms with Crippen molar-refractivity contribution in [3.05, 3.63) is 70.3 Å². The predicted molar refractivity (Wildman–Crippen MR) is 135 cm³/mol. The van der Waals surface area contributed by atoms with E-state index in [0.717, 1.165) is 10.9 Å². The highest BCUT2D eigenvalue weighted by molar-refractivity contribution is 6.21. The number of carbonyl (C=O) groups is 2. The topological polar surface area (TPSA) is 108 Å². The molecule has 2 atom stereocenters. The van der Waals surface area contributed by atoms with Crippen LogP contribution in [0.3, 0.4) is 0 Å². The predicted octanol–water partition coefficient (Wildman–Crippen LogP) is 6.79. The van der Waals surface area contributed by atoms with Crippen LogP contribution in [0.1, 0.15) is 39.2 Å². The first-order valence-electron chi connectivity index (χ1n) is 11.3. The number of nitro benzene ring substituents is 1. The van der Waals surface area contributed by atoms with Crippen molar-refractivity contribution in [1.29, 1.82) is 0 Å². The van der Waals surface area contributed by atoms with Gasteiger partial charge in [-0.1, -0.05) is 24.3 Å². The van der Waals surface area contributed by atoms with Gasteiger partial charge in [-0.2, -0.15) is 0 Å². The number of carbonyl (C=O) groups excluding carboxylic acids is 2. The van der Waals surface area contributed by atoms with E-state index in [1.54, 1.807) is 32.9 Å². The molecule has 9 nitrogen and oxygen atoms in total. The summed E-state index contributed by atoms with van der Waals surface area (Å²) >= 11 is 6.53. The molecule has 0 fully saturated rings. The lowest BCUT2D eigenvalue weighted by Crippen LogP contribution is -2.36. The van der Waals surface area contributed by atoms with Crippen LogP contribution in [-0.2, 0) is 4.74 Å². The second-order valence-electron chi connectivity index (χ2n) is 9.43. The Morgan fingerprint density at radius 1 is 1.08 bits per heavy atom. The van der Waals surface area contributed by atoms with Crippen molar-refractivity contribution < 1.29 is 28.7 Å². The summed E-state index contributed by atoms with van der Waals surface area (Å²) < 4.78 is 16.4. The number of hydrogen-bond acceptors (Lipinski definition) is 7. The summed E-state index contributed by atoms with van der Waals surface area (Å²) in [4.78, 5) is 37.5. The molecule has 0 radical (unpaired) electrons. The molecular weight excluding hydrogens is 488 g/mol. The first-order valence-corrected chi connectivity index (χ1v) is 11.7. The Bertz CT molecular complexity index is 1330. The number of nitrogens with zero attached hydrogens (tertiary/aromatic N) is 2. The van der Waals surface area contributed by atoms with Gasteiger partial charge in [0.15, 0.2) is 0 Å². The molecule has 1 aliphatic rings. The van der Waals surface area contributed by atoms with E-state index in [4.69, 9.17) is 25.8 Å². The van der Waals surface area contributed by atoms with Crippen LogP contribution < -0.4 is 14.4 Å². The fraction of sp³-hybridized carbons (Fsp3) is 0.308. The molecule has 0 bridgehead atoms. The third kappa shape index (κ3) is 5.21. The molecule has 1 aliphatic heterocycles. The third-order valence-corrected chi connectivity index (χ3v) is 5.98. The number of alkyl halides is 1. The van der Waals surface area contributed by atoms with E-state index in [1.165, 1.54) is 29.2 Å². The fourth-order valence-corrected chi connectivity index (χ4v) is 4.35. The highest BCUT2D eigenvalue weighted by Crippen LogP contribution is 2.47. The minimum Gasteiger partial charge on any atom is -0.443 e. The summed E-state index contributed by atoms with van der Waals surface area (Å²) in [6.07, 6.45) is -1.56. The molecule has 1 heterocycles. The van der Waals surface area contributed by atoms with Crippen LogP contribution in [0.25, 0.3) is 10.8 Å². The fourth-order valence-electron chi connectivity index (χ4n) is 4.14. The van der Waals surface area contributed by atoms with Gasteiger partial charge >= 0.3 is 12.2 Å². The lowest BCUT2D eigenvalue weighted by atomic mass is 9.92. The Morgan fingerprint density at radius 2 is 1.72 bits per heavy atom. The summed E-state index contributed by atoms with van der Waals surface area (Å²) in [5, 5.41) is 12.0. The molecule has 0 aromatic heterocycles. The van der Waals surface area contributed by atoms with E-state index >= 15 is 0 Å².